The van der Waals surface area contributed by atoms with Crippen LogP contribution in [0, 0.1) is 5.82 Å². The number of rotatable bonds is 6. The van der Waals surface area contributed by atoms with Crippen molar-refractivity contribution in [3.63, 3.8) is 0 Å². The summed E-state index contributed by atoms with van der Waals surface area (Å²) < 4.78 is 13.1. The highest BCUT2D eigenvalue weighted by molar-refractivity contribution is 7.99. The standard InChI is InChI=1S/C15H15ClFN3O2S/c1-2-3-9-7-13(21)20-15(19-9)23-8-14(22)18-10-4-5-12(17)11(16)6-10/h4-7H,2-3,8H2,1H3,(H,18,22)(H,19,20,21). The number of anilines is 1. The van der Waals surface area contributed by atoms with Crippen molar-refractivity contribution in [1.82, 2.24) is 9.97 Å². The largest absolute Gasteiger partial charge is 0.325 e. The lowest BCUT2D eigenvalue weighted by Crippen LogP contribution is -2.16. The third-order valence-electron chi connectivity index (χ3n) is 2.82. The molecule has 1 heterocycles. The number of aromatic amines is 1. The van der Waals surface area contributed by atoms with Crippen molar-refractivity contribution in [1.29, 1.82) is 0 Å². The Hall–Kier alpha value is -1.86. The molecule has 0 atom stereocenters. The van der Waals surface area contributed by atoms with Crippen molar-refractivity contribution in [2.24, 2.45) is 0 Å². The first-order valence-corrected chi connectivity index (χ1v) is 8.32. The fourth-order valence-corrected chi connectivity index (χ4v) is 2.72. The average molecular weight is 356 g/mol. The van der Waals surface area contributed by atoms with Gasteiger partial charge in [-0.1, -0.05) is 36.7 Å². The van der Waals surface area contributed by atoms with Gasteiger partial charge in [0.15, 0.2) is 5.16 Å². The molecule has 0 bridgehead atoms. The van der Waals surface area contributed by atoms with Gasteiger partial charge in [-0.15, -0.1) is 0 Å². The van der Waals surface area contributed by atoms with Gasteiger partial charge >= 0.3 is 0 Å². The molecule has 1 aromatic carbocycles. The zero-order valence-electron chi connectivity index (χ0n) is 12.4. The molecule has 1 aromatic heterocycles. The molecule has 0 unspecified atom stereocenters. The smallest absolute Gasteiger partial charge is 0.251 e. The highest BCUT2D eigenvalue weighted by atomic mass is 35.5. The van der Waals surface area contributed by atoms with Gasteiger partial charge in [-0.25, -0.2) is 9.37 Å². The van der Waals surface area contributed by atoms with Crippen molar-refractivity contribution in [3.8, 4) is 0 Å². The third-order valence-corrected chi connectivity index (χ3v) is 3.99. The van der Waals surface area contributed by atoms with Crippen molar-refractivity contribution in [2.45, 2.75) is 24.9 Å². The molecule has 8 heteroatoms. The normalized spacial score (nSPS) is 10.6. The number of benzene rings is 1. The van der Waals surface area contributed by atoms with Crippen molar-refractivity contribution >= 4 is 35.0 Å². The summed E-state index contributed by atoms with van der Waals surface area (Å²) in [5.41, 5.74) is 0.865. The molecule has 0 fully saturated rings. The maximum atomic E-state index is 13.1. The Morgan fingerprint density at radius 2 is 2.22 bits per heavy atom. The van der Waals surface area contributed by atoms with Crippen LogP contribution in [0.15, 0.2) is 34.2 Å². The molecule has 0 spiro atoms. The minimum Gasteiger partial charge on any atom is -0.325 e. The summed E-state index contributed by atoms with van der Waals surface area (Å²) in [6.07, 6.45) is 1.59. The summed E-state index contributed by atoms with van der Waals surface area (Å²) in [5, 5.41) is 2.94. The number of hydrogen-bond acceptors (Lipinski definition) is 4. The molecule has 1 amide bonds. The van der Waals surface area contributed by atoms with Crippen molar-refractivity contribution in [3.05, 3.63) is 51.2 Å². The van der Waals surface area contributed by atoms with Gasteiger partial charge in [-0.2, -0.15) is 0 Å². The number of amides is 1. The van der Waals surface area contributed by atoms with Gasteiger partial charge in [0.2, 0.25) is 5.91 Å². The Bertz CT molecular complexity index is 767. The average Bonchev–Trinajstić information content (AvgIpc) is 2.49. The fourth-order valence-electron chi connectivity index (χ4n) is 1.84. The van der Waals surface area contributed by atoms with Crippen LogP contribution in [0.5, 0.6) is 0 Å². The van der Waals surface area contributed by atoms with Gasteiger partial charge < -0.3 is 10.3 Å². The van der Waals surface area contributed by atoms with Gasteiger partial charge in [0, 0.05) is 17.4 Å². The lowest BCUT2D eigenvalue weighted by atomic mass is 10.2. The Kier molecular flexibility index (Phi) is 6.18. The van der Waals surface area contributed by atoms with Crippen molar-refractivity contribution in [2.75, 3.05) is 11.1 Å². The number of nitrogens with zero attached hydrogens (tertiary/aromatic N) is 1. The van der Waals surface area contributed by atoms with E-state index in [1.807, 2.05) is 6.92 Å². The summed E-state index contributed by atoms with van der Waals surface area (Å²) in [4.78, 5) is 30.3. The van der Waals surface area contributed by atoms with E-state index < -0.39 is 5.82 Å². The number of nitrogens with one attached hydrogen (secondary N) is 2. The summed E-state index contributed by atoms with van der Waals surface area (Å²) in [7, 11) is 0. The van der Waals surface area contributed by atoms with E-state index in [4.69, 9.17) is 11.6 Å². The number of H-pyrrole nitrogens is 1. The summed E-state index contributed by atoms with van der Waals surface area (Å²) in [6, 6.07) is 5.39. The zero-order valence-corrected chi connectivity index (χ0v) is 13.9. The van der Waals surface area contributed by atoms with Gasteiger partial charge in [-0.3, -0.25) is 9.59 Å². The quantitative estimate of drug-likeness (QED) is 0.616. The second-order valence-electron chi connectivity index (χ2n) is 4.76. The molecule has 2 N–H and O–H groups in total. The van der Waals surface area contributed by atoms with Crippen LogP contribution in [0.3, 0.4) is 0 Å². The Balaban J connectivity index is 1.96. The van der Waals surface area contributed by atoms with E-state index in [0.29, 0.717) is 23.0 Å². The molecule has 23 heavy (non-hydrogen) atoms. The first kappa shape index (κ1) is 17.5. The van der Waals surface area contributed by atoms with Crippen molar-refractivity contribution < 1.29 is 9.18 Å². The van der Waals surface area contributed by atoms with Crippen LogP contribution in [0.2, 0.25) is 5.02 Å². The molecule has 5 nitrogen and oxygen atoms in total. The molecule has 2 aromatic rings. The minimum atomic E-state index is -0.548. The van der Waals surface area contributed by atoms with Crippen LogP contribution < -0.4 is 10.9 Å². The number of carbonyl (C=O) groups is 1. The van der Waals surface area contributed by atoms with Gasteiger partial charge in [0.25, 0.3) is 5.56 Å². The van der Waals surface area contributed by atoms with Crippen LogP contribution in [0.4, 0.5) is 10.1 Å². The monoisotopic (exact) mass is 355 g/mol. The highest BCUT2D eigenvalue weighted by Crippen LogP contribution is 2.20. The second kappa shape index (κ2) is 8.12. The second-order valence-corrected chi connectivity index (χ2v) is 6.13. The predicted octanol–water partition coefficient (Wildman–Crippen LogP) is 3.25. The summed E-state index contributed by atoms with van der Waals surface area (Å²) in [5.74, 6) is -0.789. The topological polar surface area (TPSA) is 74.8 Å². The molecule has 2 rings (SSSR count). The van der Waals surface area contributed by atoms with Crippen LogP contribution in [-0.2, 0) is 11.2 Å². The highest BCUT2D eigenvalue weighted by Gasteiger charge is 2.08. The van der Waals surface area contributed by atoms with Gasteiger partial charge in [0.05, 0.1) is 10.8 Å². The Morgan fingerprint density at radius 3 is 2.91 bits per heavy atom. The first-order chi connectivity index (χ1) is 11.0. The summed E-state index contributed by atoms with van der Waals surface area (Å²) >= 11 is 6.78. The molecule has 0 saturated carbocycles. The van der Waals surface area contributed by atoms with E-state index >= 15 is 0 Å². The van der Waals surface area contributed by atoms with E-state index in [1.54, 1.807) is 0 Å². The number of thioether (sulfide) groups is 1. The van der Waals surface area contributed by atoms with E-state index in [2.05, 4.69) is 15.3 Å². The third kappa shape index (κ3) is 5.37. The fraction of sp³-hybridized carbons (Fsp3) is 0.267. The van der Waals surface area contributed by atoms with Crippen LogP contribution in [0.25, 0.3) is 0 Å². The van der Waals surface area contributed by atoms with E-state index in [1.165, 1.54) is 24.3 Å². The predicted molar refractivity (Wildman–Crippen MR) is 89.6 cm³/mol. The number of aryl methyl sites for hydroxylation is 1. The molecule has 0 aliphatic carbocycles. The maximum absolute atomic E-state index is 13.1. The lowest BCUT2D eigenvalue weighted by Gasteiger charge is -2.06. The van der Waals surface area contributed by atoms with E-state index in [-0.39, 0.29) is 22.2 Å². The lowest BCUT2D eigenvalue weighted by molar-refractivity contribution is -0.113. The molecule has 0 saturated heterocycles. The SMILES string of the molecule is CCCc1cc(=O)[nH]c(SCC(=O)Nc2ccc(F)c(Cl)c2)n1. The number of halogens is 2. The molecular weight excluding hydrogens is 341 g/mol. The molecule has 0 aliphatic rings. The van der Waals surface area contributed by atoms with E-state index in [0.717, 1.165) is 18.2 Å². The molecular formula is C15H15ClFN3O2S. The summed E-state index contributed by atoms with van der Waals surface area (Å²) in [6.45, 7) is 2.00. The molecule has 0 aliphatic heterocycles. The van der Waals surface area contributed by atoms with Crippen LogP contribution >= 0.6 is 23.4 Å². The van der Waals surface area contributed by atoms with Crippen LogP contribution in [0.1, 0.15) is 19.0 Å². The maximum Gasteiger partial charge on any atom is 0.251 e. The minimum absolute atomic E-state index is 0.0614. The Morgan fingerprint density at radius 1 is 1.43 bits per heavy atom. The number of aromatic nitrogens is 2. The number of carbonyl (C=O) groups excluding carboxylic acids is 1. The Labute approximate surface area is 141 Å². The van der Waals surface area contributed by atoms with Crippen LogP contribution in [-0.4, -0.2) is 21.6 Å². The van der Waals surface area contributed by atoms with Gasteiger partial charge in [-0.05, 0) is 24.6 Å². The first-order valence-electron chi connectivity index (χ1n) is 6.96. The van der Waals surface area contributed by atoms with E-state index in [9.17, 15) is 14.0 Å². The molecule has 122 valence electrons. The zero-order chi connectivity index (χ0) is 16.8. The van der Waals surface area contributed by atoms with Gasteiger partial charge in [0.1, 0.15) is 5.82 Å². The molecule has 0 radical (unpaired) electrons. The number of hydrogen-bond donors (Lipinski definition) is 2.